The normalized spacial score (nSPS) is 17.1. The van der Waals surface area contributed by atoms with Crippen LogP contribution in [-0.2, 0) is 5.41 Å². The minimum absolute atomic E-state index is 0.0333. The summed E-state index contributed by atoms with van der Waals surface area (Å²) in [7, 11) is 0. The van der Waals surface area contributed by atoms with E-state index in [-0.39, 0.29) is 5.41 Å². The van der Waals surface area contributed by atoms with E-state index in [0.717, 1.165) is 11.5 Å². The Morgan fingerprint density at radius 1 is 0.800 bits per heavy atom. The summed E-state index contributed by atoms with van der Waals surface area (Å²) in [5, 5.41) is 0.936. The van der Waals surface area contributed by atoms with Crippen molar-refractivity contribution in [2.24, 2.45) is 23.7 Å². The van der Waals surface area contributed by atoms with Crippen LogP contribution in [-0.4, -0.2) is 0 Å². The molecule has 0 amide bonds. The largest absolute Gasteiger partial charge is 0.0888 e. The average molecular weight is 487 g/mol. The molecule has 0 heterocycles. The van der Waals surface area contributed by atoms with Crippen molar-refractivity contribution in [3.05, 3.63) is 87.5 Å². The predicted molar refractivity (Wildman–Crippen MR) is 155 cm³/mol. The Bertz CT molecular complexity index is 1180. The molecule has 0 N–H and O–H groups in total. The minimum Gasteiger partial charge on any atom is -0.0888 e. The van der Waals surface area contributed by atoms with Crippen LogP contribution in [0.25, 0.3) is 16.7 Å². The summed E-state index contributed by atoms with van der Waals surface area (Å²) >= 11 is 6.76. The highest BCUT2D eigenvalue weighted by atomic mass is 35.5. The molecule has 2 aromatic rings. The van der Waals surface area contributed by atoms with Gasteiger partial charge in [0.1, 0.15) is 0 Å². The average Bonchev–Trinajstić information content (AvgIpc) is 2.88. The van der Waals surface area contributed by atoms with Gasteiger partial charge >= 0.3 is 0 Å². The Kier molecular flexibility index (Phi) is 7.27. The van der Waals surface area contributed by atoms with Crippen molar-refractivity contribution in [3.63, 3.8) is 0 Å². The molecule has 0 fully saturated rings. The molecule has 2 aliphatic rings. The van der Waals surface area contributed by atoms with E-state index < -0.39 is 0 Å². The van der Waals surface area contributed by atoms with Crippen LogP contribution in [0.5, 0.6) is 0 Å². The first-order valence-electron chi connectivity index (χ1n) is 13.5. The third-order valence-corrected chi connectivity index (χ3v) is 8.95. The van der Waals surface area contributed by atoms with Crippen molar-refractivity contribution in [1.82, 2.24) is 0 Å². The van der Waals surface area contributed by atoms with Gasteiger partial charge in [0, 0.05) is 16.9 Å². The number of fused-ring (bicyclic) bond motifs is 2. The molecule has 2 aliphatic carbocycles. The number of hydrogen-bond acceptors (Lipinski definition) is 0. The fourth-order valence-electron chi connectivity index (χ4n) is 7.50. The summed E-state index contributed by atoms with van der Waals surface area (Å²) in [5.41, 5.74) is 11.4. The van der Waals surface area contributed by atoms with Gasteiger partial charge in [-0.3, -0.25) is 0 Å². The number of rotatable bonds is 6. The molecule has 0 aliphatic heterocycles. The predicted octanol–water partition coefficient (Wildman–Crippen LogP) is 10.5. The van der Waals surface area contributed by atoms with Gasteiger partial charge in [0.2, 0.25) is 0 Å². The maximum Gasteiger partial charge on any atom is 0.0226 e. The van der Waals surface area contributed by atoms with Crippen LogP contribution in [0.2, 0.25) is 0 Å². The van der Waals surface area contributed by atoms with Crippen LogP contribution in [0.15, 0.2) is 65.2 Å². The Morgan fingerprint density at radius 2 is 1.43 bits per heavy atom. The molecule has 0 atom stereocenters. The number of allylic oxidation sites excluding steroid dienone is 6. The molecule has 0 saturated carbocycles. The highest BCUT2D eigenvalue weighted by Gasteiger charge is 2.49. The molecule has 0 bridgehead atoms. The zero-order valence-corrected chi connectivity index (χ0v) is 23.9. The van der Waals surface area contributed by atoms with Crippen LogP contribution >= 0.6 is 11.6 Å². The van der Waals surface area contributed by atoms with E-state index in [0.29, 0.717) is 29.6 Å². The highest BCUT2D eigenvalue weighted by Crippen LogP contribution is 2.59. The summed E-state index contributed by atoms with van der Waals surface area (Å²) < 4.78 is 0. The van der Waals surface area contributed by atoms with E-state index >= 15 is 0 Å². The lowest BCUT2D eigenvalue weighted by molar-refractivity contribution is 0.269. The van der Waals surface area contributed by atoms with Gasteiger partial charge in [-0.1, -0.05) is 103 Å². The van der Waals surface area contributed by atoms with Crippen LogP contribution in [0, 0.1) is 30.6 Å². The molecule has 0 saturated heterocycles. The molecule has 2 aromatic carbocycles. The first-order valence-corrected chi connectivity index (χ1v) is 13.9. The van der Waals surface area contributed by atoms with E-state index in [2.05, 4.69) is 117 Å². The monoisotopic (exact) mass is 486 g/mol. The van der Waals surface area contributed by atoms with E-state index in [9.17, 15) is 0 Å². The topological polar surface area (TPSA) is 0 Å². The second-order valence-corrected chi connectivity index (χ2v) is 12.5. The van der Waals surface area contributed by atoms with Crippen molar-refractivity contribution < 1.29 is 0 Å². The summed E-state index contributed by atoms with van der Waals surface area (Å²) in [6.45, 7) is 21.4. The second-order valence-electron chi connectivity index (χ2n) is 12.0. The molecule has 0 radical (unpaired) electrons. The first-order chi connectivity index (χ1) is 16.5. The van der Waals surface area contributed by atoms with Gasteiger partial charge < -0.3 is 0 Å². The quantitative estimate of drug-likeness (QED) is 0.380. The Morgan fingerprint density at radius 3 is 2.00 bits per heavy atom. The lowest BCUT2D eigenvalue weighted by atomic mass is 9.61. The Balaban J connectivity index is 2.14. The number of benzene rings is 2. The summed E-state index contributed by atoms with van der Waals surface area (Å²) in [5.74, 6) is 2.54. The first kappa shape index (κ1) is 26.0. The minimum atomic E-state index is -0.0333. The van der Waals surface area contributed by atoms with E-state index in [1.54, 1.807) is 0 Å². The fourth-order valence-corrected chi connectivity index (χ4v) is 7.70. The summed E-state index contributed by atoms with van der Waals surface area (Å²) in [6.07, 6.45) is 7.40. The third-order valence-electron chi connectivity index (χ3n) is 8.69. The zero-order valence-electron chi connectivity index (χ0n) is 23.2. The number of aryl methyl sites for hydroxylation is 1. The fraction of sp³-hybridized carbons (Fsp3) is 0.471. The van der Waals surface area contributed by atoms with Crippen molar-refractivity contribution in [2.75, 3.05) is 0 Å². The zero-order chi connectivity index (χ0) is 25.7. The molecule has 35 heavy (non-hydrogen) atoms. The molecule has 0 nitrogen and oxygen atoms in total. The van der Waals surface area contributed by atoms with Crippen molar-refractivity contribution >= 4 is 17.2 Å². The second kappa shape index (κ2) is 9.78. The standard InChI is InChI=1S/C34H43Cl/c1-20(2)33(21(3)4)30-18-29-27-16-12-14-25(35)17-31(27)34(22(5)6,23(7)8)32(29)19-28(30)26-15-11-10-13-24(26)9/h10-16,18-23,33H,17H2,1-9H3. The molecule has 0 spiro atoms. The van der Waals surface area contributed by atoms with Gasteiger partial charge in [-0.25, -0.2) is 0 Å². The smallest absolute Gasteiger partial charge is 0.0226 e. The Hall–Kier alpha value is -2.05. The van der Waals surface area contributed by atoms with Gasteiger partial charge in [-0.15, -0.1) is 0 Å². The highest BCUT2D eigenvalue weighted by molar-refractivity contribution is 6.30. The van der Waals surface area contributed by atoms with Crippen molar-refractivity contribution in [2.45, 2.75) is 80.1 Å². The van der Waals surface area contributed by atoms with Crippen LogP contribution in [0.4, 0.5) is 0 Å². The summed E-state index contributed by atoms with van der Waals surface area (Å²) in [6, 6.07) is 14.1. The van der Waals surface area contributed by atoms with Crippen LogP contribution < -0.4 is 0 Å². The lowest BCUT2D eigenvalue weighted by Gasteiger charge is -2.42. The van der Waals surface area contributed by atoms with Crippen molar-refractivity contribution in [3.8, 4) is 11.1 Å². The van der Waals surface area contributed by atoms with Gasteiger partial charge in [0.25, 0.3) is 0 Å². The Labute approximate surface area is 219 Å². The molecular weight excluding hydrogens is 444 g/mol. The van der Waals surface area contributed by atoms with E-state index in [1.807, 2.05) is 0 Å². The van der Waals surface area contributed by atoms with Crippen LogP contribution in [0.1, 0.15) is 90.0 Å². The van der Waals surface area contributed by atoms with Gasteiger partial charge in [0.15, 0.2) is 0 Å². The molecular formula is C34H43Cl. The maximum atomic E-state index is 6.76. The van der Waals surface area contributed by atoms with Crippen molar-refractivity contribution in [1.29, 1.82) is 0 Å². The van der Waals surface area contributed by atoms with E-state index in [1.165, 1.54) is 44.5 Å². The number of hydrogen-bond donors (Lipinski definition) is 0. The molecule has 186 valence electrons. The van der Waals surface area contributed by atoms with Gasteiger partial charge in [-0.05, 0) is 99.2 Å². The SMILES string of the molecule is Cc1ccccc1-c1cc2c(cc1C(C(C)C)C(C)C)C1=C(CC(Cl)=CC=C1)C2(C(C)C)C(C)C. The van der Waals surface area contributed by atoms with Gasteiger partial charge in [-0.2, -0.15) is 0 Å². The third kappa shape index (κ3) is 4.17. The molecule has 1 heteroatoms. The molecule has 0 aromatic heterocycles. The van der Waals surface area contributed by atoms with Gasteiger partial charge in [0.05, 0.1) is 0 Å². The number of halogens is 1. The van der Waals surface area contributed by atoms with E-state index in [4.69, 9.17) is 11.6 Å². The maximum absolute atomic E-state index is 6.76. The molecule has 0 unspecified atom stereocenters. The van der Waals surface area contributed by atoms with Crippen LogP contribution in [0.3, 0.4) is 0 Å². The lowest BCUT2D eigenvalue weighted by Crippen LogP contribution is -2.38. The molecule has 4 rings (SSSR count). The summed E-state index contributed by atoms with van der Waals surface area (Å²) in [4.78, 5) is 0.